The fraction of sp³-hybridized carbons (Fsp3) is 0.0303. The molecule has 7 aromatic rings. The molecule has 0 bridgehead atoms. The van der Waals surface area contributed by atoms with Gasteiger partial charge in [-0.3, -0.25) is 9.32 Å². The molecular formula is C33H23N4O3S+. The van der Waals surface area contributed by atoms with Gasteiger partial charge in [0.25, 0.3) is 5.78 Å². The number of ketones is 1. The van der Waals surface area contributed by atoms with Gasteiger partial charge in [-0.1, -0.05) is 90.5 Å². The molecule has 41 heavy (non-hydrogen) atoms. The highest BCUT2D eigenvalue weighted by Gasteiger charge is 2.37. The van der Waals surface area contributed by atoms with Crippen LogP contribution in [0.3, 0.4) is 0 Å². The van der Waals surface area contributed by atoms with Crippen molar-refractivity contribution >= 4 is 43.8 Å². The standard InChI is InChI=1S/C33H22N4O3S/c1-19-14-16-21(17-15-19)25-18-26(24-13-7-9-20-8-5-6-12-23(20)24)35-32-27(25)28(34)31(41-32)30(38)29-33(39)40-36-37(29)22-10-3-2-4-11-22/h2-18H,1H3,(H2-,34,36,38,39)/p+1. The molecule has 0 aliphatic heterocycles. The minimum Gasteiger partial charge on any atom is -0.474 e. The van der Waals surface area contributed by atoms with E-state index in [1.807, 2.05) is 73.7 Å². The molecule has 0 unspecified atom stereocenters. The lowest BCUT2D eigenvalue weighted by Gasteiger charge is -2.11. The summed E-state index contributed by atoms with van der Waals surface area (Å²) in [7, 11) is 0. The lowest BCUT2D eigenvalue weighted by Crippen LogP contribution is -2.38. The van der Waals surface area contributed by atoms with E-state index >= 15 is 0 Å². The van der Waals surface area contributed by atoms with Crippen molar-refractivity contribution in [3.05, 3.63) is 119 Å². The summed E-state index contributed by atoms with van der Waals surface area (Å²) < 4.78 is 6.30. The van der Waals surface area contributed by atoms with E-state index in [4.69, 9.17) is 15.2 Å². The van der Waals surface area contributed by atoms with Gasteiger partial charge < -0.3 is 10.8 Å². The van der Waals surface area contributed by atoms with Crippen LogP contribution in [0.15, 0.2) is 108 Å². The van der Waals surface area contributed by atoms with Gasteiger partial charge in [0.15, 0.2) is 0 Å². The predicted octanol–water partition coefficient (Wildman–Crippen LogP) is 6.88. The molecule has 0 fully saturated rings. The van der Waals surface area contributed by atoms with Gasteiger partial charge in [0, 0.05) is 27.8 Å². The van der Waals surface area contributed by atoms with E-state index in [2.05, 4.69) is 29.5 Å². The molecule has 0 amide bonds. The predicted molar refractivity (Wildman–Crippen MR) is 160 cm³/mol. The summed E-state index contributed by atoms with van der Waals surface area (Å²) in [5.74, 6) is -1.09. The second kappa shape index (κ2) is 9.69. The van der Waals surface area contributed by atoms with Gasteiger partial charge in [-0.15, -0.1) is 11.3 Å². The molecule has 8 heteroatoms. The third-order valence-corrected chi connectivity index (χ3v) is 8.27. The van der Waals surface area contributed by atoms with Crippen LogP contribution in [0.1, 0.15) is 20.9 Å². The van der Waals surface area contributed by atoms with Crippen molar-refractivity contribution in [2.24, 2.45) is 0 Å². The number of aromatic nitrogens is 3. The van der Waals surface area contributed by atoms with Crippen LogP contribution in [0.25, 0.3) is 49.1 Å². The largest absolute Gasteiger partial charge is 0.474 e. The molecule has 0 spiro atoms. The maximum atomic E-state index is 14.0. The summed E-state index contributed by atoms with van der Waals surface area (Å²) in [6.07, 6.45) is 0. The highest BCUT2D eigenvalue weighted by Crippen LogP contribution is 2.43. The number of anilines is 1. The number of fused-ring (bicyclic) bond motifs is 2. The van der Waals surface area contributed by atoms with Gasteiger partial charge in [-0.05, 0) is 34.9 Å². The number of rotatable bonds is 5. The lowest BCUT2D eigenvalue weighted by molar-refractivity contribution is -0.672. The van der Waals surface area contributed by atoms with Crippen LogP contribution in [0.4, 0.5) is 5.69 Å². The molecule has 0 saturated carbocycles. The summed E-state index contributed by atoms with van der Waals surface area (Å²) in [4.78, 5) is 19.9. The Morgan fingerprint density at radius 1 is 0.902 bits per heavy atom. The maximum absolute atomic E-state index is 14.0. The van der Waals surface area contributed by atoms with Crippen LogP contribution < -0.4 is 10.4 Å². The number of thiophene rings is 1. The Kier molecular flexibility index (Phi) is 5.83. The summed E-state index contributed by atoms with van der Waals surface area (Å²) in [5, 5.41) is 17.3. The molecule has 0 aliphatic carbocycles. The van der Waals surface area contributed by atoms with Crippen molar-refractivity contribution in [3.8, 4) is 34.0 Å². The molecular weight excluding hydrogens is 532 g/mol. The normalized spacial score (nSPS) is 11.3. The lowest BCUT2D eigenvalue weighted by atomic mass is 9.96. The van der Waals surface area contributed by atoms with E-state index in [-0.39, 0.29) is 10.6 Å². The van der Waals surface area contributed by atoms with Crippen molar-refractivity contribution < 1.29 is 19.1 Å². The minimum absolute atomic E-state index is 0.111. The van der Waals surface area contributed by atoms with Gasteiger partial charge in [0.2, 0.25) is 11.0 Å². The second-order valence-corrected chi connectivity index (χ2v) is 10.8. The summed E-state index contributed by atoms with van der Waals surface area (Å²) >= 11 is 1.19. The number of para-hydroxylation sites is 1. The number of nitrogen functional groups attached to an aromatic ring is 1. The van der Waals surface area contributed by atoms with Crippen LogP contribution >= 0.6 is 11.3 Å². The first-order valence-electron chi connectivity index (χ1n) is 13.0. The Bertz CT molecular complexity index is 2090. The number of aromatic hydroxyl groups is 1. The maximum Gasteiger partial charge on any atom is 0.393 e. The first kappa shape index (κ1) is 24.7. The molecule has 0 saturated heterocycles. The highest BCUT2D eigenvalue weighted by atomic mass is 32.1. The van der Waals surface area contributed by atoms with E-state index in [1.165, 1.54) is 16.0 Å². The number of hydrogen-bond donors (Lipinski definition) is 2. The highest BCUT2D eigenvalue weighted by molar-refractivity contribution is 7.21. The summed E-state index contributed by atoms with van der Waals surface area (Å²) in [5.41, 5.74) is 12.2. The van der Waals surface area contributed by atoms with Crippen molar-refractivity contribution in [2.45, 2.75) is 6.92 Å². The molecule has 3 N–H and O–H groups in total. The van der Waals surface area contributed by atoms with E-state index in [1.54, 1.807) is 12.1 Å². The number of benzene rings is 4. The van der Waals surface area contributed by atoms with Gasteiger partial charge in [0.05, 0.1) is 11.4 Å². The third kappa shape index (κ3) is 4.13. The Morgan fingerprint density at radius 2 is 1.63 bits per heavy atom. The average Bonchev–Trinajstić information content (AvgIpc) is 3.56. The Labute approximate surface area is 238 Å². The number of carbonyl (C=O) groups excluding carboxylic acids is 1. The number of aryl methyl sites for hydroxylation is 1. The minimum atomic E-state index is -0.584. The van der Waals surface area contributed by atoms with Crippen molar-refractivity contribution in [2.75, 3.05) is 5.73 Å². The smallest absolute Gasteiger partial charge is 0.393 e. The van der Waals surface area contributed by atoms with E-state index in [9.17, 15) is 9.90 Å². The molecule has 0 aliphatic rings. The molecule has 3 heterocycles. The van der Waals surface area contributed by atoms with Gasteiger partial charge in [-0.2, -0.15) is 0 Å². The molecule has 7 nitrogen and oxygen atoms in total. The van der Waals surface area contributed by atoms with Gasteiger partial charge >= 0.3 is 11.6 Å². The van der Waals surface area contributed by atoms with Crippen molar-refractivity contribution in [1.29, 1.82) is 0 Å². The van der Waals surface area contributed by atoms with Crippen LogP contribution in [0.2, 0.25) is 0 Å². The zero-order chi connectivity index (χ0) is 28.1. The Morgan fingerprint density at radius 3 is 2.44 bits per heavy atom. The fourth-order valence-electron chi connectivity index (χ4n) is 5.14. The first-order chi connectivity index (χ1) is 20.0. The zero-order valence-electron chi connectivity index (χ0n) is 21.9. The molecule has 198 valence electrons. The Hall–Kier alpha value is -5.34. The molecule has 0 radical (unpaired) electrons. The van der Waals surface area contributed by atoms with E-state index in [0.29, 0.717) is 21.6 Å². The zero-order valence-corrected chi connectivity index (χ0v) is 22.7. The number of nitrogens with zero attached hydrogens (tertiary/aromatic N) is 3. The summed E-state index contributed by atoms with van der Waals surface area (Å²) in [6.45, 7) is 2.04. The monoisotopic (exact) mass is 555 g/mol. The van der Waals surface area contributed by atoms with E-state index in [0.717, 1.165) is 38.7 Å². The SMILES string of the molecule is Cc1ccc(-c2cc(-c3cccc4ccccc34)nc3sc(C(=O)c4c(O)on[n+]4-c4ccccc4)c(N)c23)cc1. The van der Waals surface area contributed by atoms with Crippen molar-refractivity contribution in [1.82, 2.24) is 10.3 Å². The third-order valence-electron chi connectivity index (χ3n) is 7.17. The van der Waals surface area contributed by atoms with Crippen LogP contribution in [0.5, 0.6) is 5.95 Å². The van der Waals surface area contributed by atoms with Gasteiger partial charge in [-0.25, -0.2) is 4.98 Å². The number of hydrogen-bond acceptors (Lipinski definition) is 7. The first-order valence-corrected chi connectivity index (χ1v) is 13.8. The fourth-order valence-corrected chi connectivity index (χ4v) is 6.20. The number of carbonyl (C=O) groups is 1. The Balaban J connectivity index is 1.47. The van der Waals surface area contributed by atoms with Crippen molar-refractivity contribution in [3.63, 3.8) is 0 Å². The topological polar surface area (TPSA) is 106 Å². The molecule has 7 rings (SSSR count). The molecule has 3 aromatic heterocycles. The quantitative estimate of drug-likeness (QED) is 0.177. The second-order valence-electron chi connectivity index (χ2n) is 9.78. The van der Waals surface area contributed by atoms with E-state index < -0.39 is 11.7 Å². The van der Waals surface area contributed by atoms with Crippen LogP contribution in [0, 0.1) is 6.92 Å². The van der Waals surface area contributed by atoms with Gasteiger partial charge in [0.1, 0.15) is 9.71 Å². The number of nitrogens with two attached hydrogens (primary N) is 1. The molecule has 0 atom stereocenters. The van der Waals surface area contributed by atoms with Crippen LogP contribution in [-0.2, 0) is 0 Å². The number of pyridine rings is 1. The molecule has 4 aromatic carbocycles. The summed E-state index contributed by atoms with van der Waals surface area (Å²) in [6, 6.07) is 33.5. The van der Waals surface area contributed by atoms with Crippen LogP contribution in [-0.4, -0.2) is 21.1 Å². The average molecular weight is 556 g/mol.